The number of carbonyl (C=O) groups excluding carboxylic acids is 1. The Morgan fingerprint density at radius 1 is 1.50 bits per heavy atom. The van der Waals surface area contributed by atoms with Crippen molar-refractivity contribution >= 4 is 33.3 Å². The number of aromatic nitrogens is 2. The lowest BCUT2D eigenvalue weighted by molar-refractivity contribution is 0.101. The zero-order valence-electron chi connectivity index (χ0n) is 10.1. The number of nitrogens with one attached hydrogen (secondary N) is 1. The monoisotopic (exact) mass is 308 g/mol. The molecule has 0 aliphatic carbocycles. The minimum absolute atomic E-state index is 0.233. The van der Waals surface area contributed by atoms with E-state index in [1.165, 1.54) is 0 Å². The van der Waals surface area contributed by atoms with Crippen LogP contribution in [0.2, 0.25) is 0 Å². The Morgan fingerprint density at radius 2 is 2.22 bits per heavy atom. The summed E-state index contributed by atoms with van der Waals surface area (Å²) >= 11 is 3.36. The van der Waals surface area contributed by atoms with Crippen LogP contribution < -0.4 is 11.1 Å². The molecule has 0 radical (unpaired) electrons. The van der Waals surface area contributed by atoms with Gasteiger partial charge in [-0.3, -0.25) is 4.79 Å². The molecule has 0 spiro atoms. The first kappa shape index (κ1) is 12.6. The molecule has 18 heavy (non-hydrogen) atoms. The van der Waals surface area contributed by atoms with Crippen molar-refractivity contribution in [3.05, 3.63) is 40.3 Å². The molecule has 2 aromatic heterocycles. The summed E-state index contributed by atoms with van der Waals surface area (Å²) < 4.78 is 2.58. The second kappa shape index (κ2) is 4.81. The van der Waals surface area contributed by atoms with Crippen molar-refractivity contribution in [2.24, 2.45) is 7.05 Å². The van der Waals surface area contributed by atoms with Gasteiger partial charge in [-0.05, 0) is 41.1 Å². The third kappa shape index (κ3) is 2.53. The number of nitrogens with zero attached hydrogens (tertiary/aromatic N) is 2. The van der Waals surface area contributed by atoms with E-state index in [9.17, 15) is 4.79 Å². The highest BCUT2D eigenvalue weighted by molar-refractivity contribution is 9.10. The molecule has 0 atom stereocenters. The van der Waals surface area contributed by atoms with Crippen LogP contribution in [0.3, 0.4) is 0 Å². The van der Waals surface area contributed by atoms with Gasteiger partial charge in [0.15, 0.2) is 0 Å². The fourth-order valence-electron chi connectivity index (χ4n) is 1.61. The first-order valence-corrected chi connectivity index (χ1v) is 6.13. The lowest BCUT2D eigenvalue weighted by Gasteiger charge is -2.06. The predicted octanol–water partition coefficient (Wildman–Crippen LogP) is 2.33. The van der Waals surface area contributed by atoms with E-state index in [0.717, 1.165) is 10.2 Å². The molecule has 94 valence electrons. The SMILES string of the molecule is Cc1nc(NC(=O)c2cc(N)cn2C)ccc1Br. The van der Waals surface area contributed by atoms with Gasteiger partial charge in [-0.25, -0.2) is 4.98 Å². The van der Waals surface area contributed by atoms with Gasteiger partial charge in [0, 0.05) is 17.7 Å². The summed E-state index contributed by atoms with van der Waals surface area (Å²) in [6.07, 6.45) is 1.69. The van der Waals surface area contributed by atoms with Gasteiger partial charge in [-0.2, -0.15) is 0 Å². The lowest BCUT2D eigenvalue weighted by atomic mass is 10.3. The number of pyridine rings is 1. The molecule has 0 saturated heterocycles. The summed E-state index contributed by atoms with van der Waals surface area (Å²) in [5, 5.41) is 2.73. The Labute approximate surface area is 113 Å². The van der Waals surface area contributed by atoms with Crippen LogP contribution in [0.1, 0.15) is 16.2 Å². The molecule has 3 N–H and O–H groups in total. The highest BCUT2D eigenvalue weighted by Crippen LogP contribution is 2.17. The lowest BCUT2D eigenvalue weighted by Crippen LogP contribution is -2.16. The molecule has 5 nitrogen and oxygen atoms in total. The van der Waals surface area contributed by atoms with Crippen molar-refractivity contribution in [1.29, 1.82) is 0 Å². The Balaban J connectivity index is 2.21. The Bertz CT molecular complexity index is 606. The summed E-state index contributed by atoms with van der Waals surface area (Å²) in [6, 6.07) is 5.21. The van der Waals surface area contributed by atoms with Gasteiger partial charge in [-0.1, -0.05) is 0 Å². The van der Waals surface area contributed by atoms with E-state index >= 15 is 0 Å². The molecule has 1 amide bonds. The zero-order chi connectivity index (χ0) is 13.3. The first-order valence-electron chi connectivity index (χ1n) is 5.33. The van der Waals surface area contributed by atoms with Crippen molar-refractivity contribution in [3.8, 4) is 0 Å². The molecule has 0 aromatic carbocycles. The number of aryl methyl sites for hydroxylation is 2. The first-order chi connectivity index (χ1) is 8.47. The largest absolute Gasteiger partial charge is 0.397 e. The number of nitrogen functional groups attached to an aromatic ring is 1. The van der Waals surface area contributed by atoms with E-state index in [-0.39, 0.29) is 5.91 Å². The van der Waals surface area contributed by atoms with Crippen molar-refractivity contribution in [2.45, 2.75) is 6.92 Å². The van der Waals surface area contributed by atoms with Gasteiger partial charge in [0.2, 0.25) is 0 Å². The van der Waals surface area contributed by atoms with Crippen LogP contribution in [0.15, 0.2) is 28.9 Å². The summed E-state index contributed by atoms with van der Waals surface area (Å²) in [7, 11) is 1.77. The van der Waals surface area contributed by atoms with E-state index in [1.54, 1.807) is 29.9 Å². The number of halogens is 1. The number of hydrogen-bond donors (Lipinski definition) is 2. The van der Waals surface area contributed by atoms with Gasteiger partial charge >= 0.3 is 0 Å². The molecular weight excluding hydrogens is 296 g/mol. The van der Waals surface area contributed by atoms with Crippen LogP contribution in [-0.2, 0) is 7.05 Å². The molecule has 0 aliphatic rings. The van der Waals surface area contributed by atoms with Gasteiger partial charge in [0.1, 0.15) is 11.5 Å². The van der Waals surface area contributed by atoms with Crippen LogP contribution in [0.5, 0.6) is 0 Å². The van der Waals surface area contributed by atoms with Crippen molar-refractivity contribution < 1.29 is 4.79 Å². The summed E-state index contributed by atoms with van der Waals surface area (Å²) in [6.45, 7) is 1.86. The molecule has 0 aliphatic heterocycles. The Morgan fingerprint density at radius 3 is 2.78 bits per heavy atom. The fourth-order valence-corrected chi connectivity index (χ4v) is 1.83. The minimum atomic E-state index is -0.233. The number of rotatable bonds is 2. The van der Waals surface area contributed by atoms with Crippen LogP contribution in [-0.4, -0.2) is 15.5 Å². The Hall–Kier alpha value is -1.82. The second-order valence-corrected chi connectivity index (χ2v) is 4.84. The van der Waals surface area contributed by atoms with Gasteiger partial charge < -0.3 is 15.6 Å². The van der Waals surface area contributed by atoms with Crippen molar-refractivity contribution in [1.82, 2.24) is 9.55 Å². The fraction of sp³-hybridized carbons (Fsp3) is 0.167. The molecule has 2 aromatic rings. The standard InChI is InChI=1S/C12H13BrN4O/c1-7-9(13)3-4-11(15-7)16-12(18)10-5-8(14)6-17(10)2/h3-6H,14H2,1-2H3,(H,15,16,18). The number of nitrogens with two attached hydrogens (primary N) is 1. The average Bonchev–Trinajstić information content (AvgIpc) is 2.63. The van der Waals surface area contributed by atoms with Crippen LogP contribution in [0.4, 0.5) is 11.5 Å². The zero-order valence-corrected chi connectivity index (χ0v) is 11.7. The number of amides is 1. The maximum Gasteiger partial charge on any atom is 0.273 e. The van der Waals surface area contributed by atoms with E-state index in [1.807, 2.05) is 13.0 Å². The topological polar surface area (TPSA) is 72.9 Å². The van der Waals surface area contributed by atoms with Crippen LogP contribution in [0, 0.1) is 6.92 Å². The maximum atomic E-state index is 12.0. The predicted molar refractivity (Wildman–Crippen MR) is 74.5 cm³/mol. The quantitative estimate of drug-likeness (QED) is 0.894. The average molecular weight is 309 g/mol. The maximum absolute atomic E-state index is 12.0. The summed E-state index contributed by atoms with van der Waals surface area (Å²) in [4.78, 5) is 16.3. The van der Waals surface area contributed by atoms with Gasteiger partial charge in [-0.15, -0.1) is 0 Å². The Kier molecular flexibility index (Phi) is 3.38. The summed E-state index contributed by atoms with van der Waals surface area (Å²) in [5.41, 5.74) is 7.50. The van der Waals surface area contributed by atoms with Crippen molar-refractivity contribution in [2.75, 3.05) is 11.1 Å². The molecule has 0 unspecified atom stereocenters. The third-order valence-electron chi connectivity index (χ3n) is 2.52. The van der Waals surface area contributed by atoms with E-state index in [0.29, 0.717) is 17.2 Å². The number of carbonyl (C=O) groups is 1. The second-order valence-electron chi connectivity index (χ2n) is 3.99. The van der Waals surface area contributed by atoms with Crippen molar-refractivity contribution in [3.63, 3.8) is 0 Å². The van der Waals surface area contributed by atoms with E-state index in [4.69, 9.17) is 5.73 Å². The van der Waals surface area contributed by atoms with Crippen LogP contribution >= 0.6 is 15.9 Å². The molecule has 0 fully saturated rings. The van der Waals surface area contributed by atoms with Gasteiger partial charge in [0.25, 0.3) is 5.91 Å². The van der Waals surface area contributed by atoms with E-state index in [2.05, 4.69) is 26.2 Å². The molecular formula is C12H13BrN4O. The smallest absolute Gasteiger partial charge is 0.273 e. The molecule has 0 bridgehead atoms. The molecule has 2 rings (SSSR count). The molecule has 2 heterocycles. The van der Waals surface area contributed by atoms with Crippen LogP contribution in [0.25, 0.3) is 0 Å². The van der Waals surface area contributed by atoms with Gasteiger partial charge in [0.05, 0.1) is 11.4 Å². The number of anilines is 2. The molecule has 6 heteroatoms. The third-order valence-corrected chi connectivity index (χ3v) is 3.36. The molecule has 0 saturated carbocycles. The summed E-state index contributed by atoms with van der Waals surface area (Å²) in [5.74, 6) is 0.281. The van der Waals surface area contributed by atoms with E-state index < -0.39 is 0 Å². The highest BCUT2D eigenvalue weighted by Gasteiger charge is 2.11. The minimum Gasteiger partial charge on any atom is -0.397 e. The highest BCUT2D eigenvalue weighted by atomic mass is 79.9. The normalized spacial score (nSPS) is 10.4. The number of hydrogen-bond acceptors (Lipinski definition) is 3.